The highest BCUT2D eigenvalue weighted by atomic mass is 16.5. The highest BCUT2D eigenvalue weighted by Gasteiger charge is 2.21. The van der Waals surface area contributed by atoms with Crippen molar-refractivity contribution in [2.45, 2.75) is 32.5 Å². The molecule has 0 saturated carbocycles. The second-order valence-electron chi connectivity index (χ2n) is 7.90. The topological polar surface area (TPSA) is 54.6 Å². The second-order valence-corrected chi connectivity index (χ2v) is 7.90. The highest BCUT2D eigenvalue weighted by molar-refractivity contribution is 5.18. The van der Waals surface area contributed by atoms with E-state index in [9.17, 15) is 0 Å². The summed E-state index contributed by atoms with van der Waals surface area (Å²) < 4.78 is 11.5. The van der Waals surface area contributed by atoms with Crippen molar-refractivity contribution in [3.8, 4) is 0 Å². The predicted molar refractivity (Wildman–Crippen MR) is 116 cm³/mol. The van der Waals surface area contributed by atoms with Gasteiger partial charge in [0.1, 0.15) is 0 Å². The summed E-state index contributed by atoms with van der Waals surface area (Å²) in [7, 11) is 0. The number of morpholine rings is 1. The van der Waals surface area contributed by atoms with Crippen LogP contribution in [0.1, 0.15) is 29.8 Å². The lowest BCUT2D eigenvalue weighted by Gasteiger charge is -2.34. The molecule has 0 aliphatic carbocycles. The van der Waals surface area contributed by atoms with Gasteiger partial charge in [0.25, 0.3) is 0 Å². The van der Waals surface area contributed by atoms with E-state index >= 15 is 0 Å². The lowest BCUT2D eigenvalue weighted by atomic mass is 10.1. The third-order valence-corrected chi connectivity index (χ3v) is 5.52. The molecule has 1 fully saturated rings. The van der Waals surface area contributed by atoms with Crippen LogP contribution in [-0.4, -0.2) is 58.9 Å². The summed E-state index contributed by atoms with van der Waals surface area (Å²) in [5.74, 6) is 1.34. The Morgan fingerprint density at radius 1 is 0.867 bits per heavy atom. The van der Waals surface area contributed by atoms with Crippen molar-refractivity contribution in [2.75, 3.05) is 32.8 Å². The summed E-state index contributed by atoms with van der Waals surface area (Å²) >= 11 is 0. The monoisotopic (exact) mass is 406 g/mol. The molecule has 1 saturated heterocycles. The molecule has 1 aliphatic rings. The summed E-state index contributed by atoms with van der Waals surface area (Å²) in [5.41, 5.74) is 2.46. The molecule has 1 unspecified atom stereocenters. The lowest BCUT2D eigenvalue weighted by molar-refractivity contribution is 0.0216. The van der Waals surface area contributed by atoms with E-state index in [0.29, 0.717) is 30.8 Å². The molecule has 0 bridgehead atoms. The van der Waals surface area contributed by atoms with E-state index < -0.39 is 0 Å². The van der Waals surface area contributed by atoms with Gasteiger partial charge >= 0.3 is 0 Å². The van der Waals surface area contributed by atoms with Crippen LogP contribution >= 0.6 is 0 Å². The number of benzene rings is 2. The Hall–Kier alpha value is -2.54. The Morgan fingerprint density at radius 2 is 1.50 bits per heavy atom. The van der Waals surface area contributed by atoms with E-state index in [1.165, 1.54) is 11.1 Å². The molecular weight excluding hydrogens is 376 g/mol. The van der Waals surface area contributed by atoms with Gasteiger partial charge in [-0.05, 0) is 18.1 Å². The molecule has 0 amide bonds. The minimum atomic E-state index is 0.354. The van der Waals surface area contributed by atoms with Crippen molar-refractivity contribution in [3.05, 3.63) is 83.6 Å². The van der Waals surface area contributed by atoms with Gasteiger partial charge in [-0.2, -0.15) is 0 Å². The van der Waals surface area contributed by atoms with Crippen LogP contribution in [0.4, 0.5) is 0 Å². The van der Waals surface area contributed by atoms with E-state index in [0.717, 1.165) is 39.4 Å². The lowest BCUT2D eigenvalue weighted by Crippen LogP contribution is -2.45. The van der Waals surface area contributed by atoms with E-state index in [4.69, 9.17) is 9.15 Å². The maximum Gasteiger partial charge on any atom is 0.230 e. The van der Waals surface area contributed by atoms with Crippen LogP contribution in [0.3, 0.4) is 0 Å². The van der Waals surface area contributed by atoms with Gasteiger partial charge in [-0.3, -0.25) is 9.80 Å². The van der Waals surface area contributed by atoms with Crippen LogP contribution in [0.15, 0.2) is 65.1 Å². The summed E-state index contributed by atoms with van der Waals surface area (Å²) in [5, 5.41) is 8.61. The third kappa shape index (κ3) is 5.98. The molecule has 2 aromatic carbocycles. The van der Waals surface area contributed by atoms with Crippen molar-refractivity contribution in [2.24, 2.45) is 0 Å². The fourth-order valence-corrected chi connectivity index (χ4v) is 3.83. The van der Waals surface area contributed by atoms with Crippen LogP contribution in [0.25, 0.3) is 0 Å². The molecule has 2 heterocycles. The Labute approximate surface area is 178 Å². The van der Waals surface area contributed by atoms with Gasteiger partial charge < -0.3 is 9.15 Å². The SMILES string of the molecule is CC(CN1CCOCC1)N(Cc1ccccc1)Cc1nnc(Cc2ccccc2)o1. The number of rotatable bonds is 9. The fourth-order valence-electron chi connectivity index (χ4n) is 3.83. The standard InChI is InChI=1S/C24H30N4O2/c1-20(17-27-12-14-29-15-13-27)28(18-22-10-6-3-7-11-22)19-24-26-25-23(30-24)16-21-8-4-2-5-9-21/h2-11,20H,12-19H2,1H3. The average Bonchev–Trinajstić information content (AvgIpc) is 3.22. The Balaban J connectivity index is 1.43. The number of hydrogen-bond donors (Lipinski definition) is 0. The van der Waals surface area contributed by atoms with Gasteiger partial charge in [0.15, 0.2) is 0 Å². The van der Waals surface area contributed by atoms with Gasteiger partial charge in [0.2, 0.25) is 11.8 Å². The van der Waals surface area contributed by atoms with Crippen LogP contribution in [0.5, 0.6) is 0 Å². The maximum atomic E-state index is 6.00. The Kier molecular flexibility index (Phi) is 7.24. The van der Waals surface area contributed by atoms with Crippen LogP contribution in [-0.2, 0) is 24.2 Å². The van der Waals surface area contributed by atoms with Gasteiger partial charge in [0.05, 0.1) is 26.2 Å². The average molecular weight is 407 g/mol. The van der Waals surface area contributed by atoms with Gasteiger partial charge in [-0.1, -0.05) is 60.7 Å². The Bertz CT molecular complexity index is 878. The van der Waals surface area contributed by atoms with Crippen molar-refractivity contribution in [1.82, 2.24) is 20.0 Å². The van der Waals surface area contributed by atoms with Crippen LogP contribution in [0, 0.1) is 0 Å². The molecule has 1 aromatic heterocycles. The van der Waals surface area contributed by atoms with Gasteiger partial charge in [-0.25, -0.2) is 0 Å². The smallest absolute Gasteiger partial charge is 0.230 e. The number of ether oxygens (including phenoxy) is 1. The molecule has 4 rings (SSSR count). The largest absolute Gasteiger partial charge is 0.424 e. The molecule has 30 heavy (non-hydrogen) atoms. The van der Waals surface area contributed by atoms with Crippen molar-refractivity contribution >= 4 is 0 Å². The first-order valence-electron chi connectivity index (χ1n) is 10.7. The first kappa shape index (κ1) is 20.7. The van der Waals surface area contributed by atoms with Gasteiger partial charge in [0, 0.05) is 32.2 Å². The minimum Gasteiger partial charge on any atom is -0.424 e. The molecule has 0 spiro atoms. The molecule has 158 valence electrons. The fraction of sp³-hybridized carbons (Fsp3) is 0.417. The molecule has 6 heteroatoms. The Morgan fingerprint density at radius 3 is 2.20 bits per heavy atom. The summed E-state index contributed by atoms with van der Waals surface area (Å²) in [6.07, 6.45) is 0.663. The second kappa shape index (κ2) is 10.5. The summed E-state index contributed by atoms with van der Waals surface area (Å²) in [6.45, 7) is 8.39. The maximum absolute atomic E-state index is 6.00. The molecule has 3 aromatic rings. The quantitative estimate of drug-likeness (QED) is 0.543. The van der Waals surface area contributed by atoms with Crippen molar-refractivity contribution in [3.63, 3.8) is 0 Å². The molecule has 0 radical (unpaired) electrons. The number of hydrogen-bond acceptors (Lipinski definition) is 6. The predicted octanol–water partition coefficient (Wildman–Crippen LogP) is 3.38. The van der Waals surface area contributed by atoms with Gasteiger partial charge in [-0.15, -0.1) is 10.2 Å². The molecule has 1 atom stereocenters. The molecular formula is C24H30N4O2. The van der Waals surface area contributed by atoms with Crippen LogP contribution < -0.4 is 0 Å². The first-order valence-corrected chi connectivity index (χ1v) is 10.7. The highest BCUT2D eigenvalue weighted by Crippen LogP contribution is 2.16. The molecule has 6 nitrogen and oxygen atoms in total. The third-order valence-electron chi connectivity index (χ3n) is 5.52. The zero-order chi connectivity index (χ0) is 20.6. The minimum absolute atomic E-state index is 0.354. The summed E-state index contributed by atoms with van der Waals surface area (Å²) in [6, 6.07) is 21.2. The van der Waals surface area contributed by atoms with E-state index in [1.54, 1.807) is 0 Å². The zero-order valence-electron chi connectivity index (χ0n) is 17.6. The normalized spacial score (nSPS) is 16.1. The number of aromatic nitrogens is 2. The van der Waals surface area contributed by atoms with E-state index in [2.05, 4.69) is 69.4 Å². The molecule has 0 N–H and O–H groups in total. The van der Waals surface area contributed by atoms with E-state index in [1.807, 2.05) is 18.2 Å². The van der Waals surface area contributed by atoms with Crippen LogP contribution in [0.2, 0.25) is 0 Å². The zero-order valence-corrected chi connectivity index (χ0v) is 17.6. The van der Waals surface area contributed by atoms with Crippen molar-refractivity contribution in [1.29, 1.82) is 0 Å². The number of nitrogens with zero attached hydrogens (tertiary/aromatic N) is 4. The van der Waals surface area contributed by atoms with Crippen molar-refractivity contribution < 1.29 is 9.15 Å². The van der Waals surface area contributed by atoms with E-state index in [-0.39, 0.29) is 0 Å². The first-order chi connectivity index (χ1) is 14.8. The molecule has 1 aliphatic heterocycles. The summed E-state index contributed by atoms with van der Waals surface area (Å²) in [4.78, 5) is 4.89.